The summed E-state index contributed by atoms with van der Waals surface area (Å²) in [4.78, 5) is 31.2. The zero-order chi connectivity index (χ0) is 62.2. The highest BCUT2D eigenvalue weighted by molar-refractivity contribution is 5.88. The largest absolute Gasteiger partial charge is 0.462 e. The molecule has 2 rings (SSSR count). The molecule has 0 aromatic carbocycles. The second kappa shape index (κ2) is 40.8. The lowest BCUT2D eigenvalue weighted by molar-refractivity contribution is -0.333. The molecule has 2 heterocycles. The first-order chi connectivity index (χ1) is 39.2. The molecule has 0 aliphatic carbocycles. The third-order valence-electron chi connectivity index (χ3n) is 16.8. The number of esters is 2. The molecular weight excluding hydrogens is 1060 g/mol. The fourth-order valence-corrected chi connectivity index (χ4v) is 10.9. The lowest BCUT2D eigenvalue weighted by Crippen LogP contribution is -2.60. The topological polar surface area (TPSA) is 301 Å². The van der Waals surface area contributed by atoms with E-state index < -0.39 is 115 Å². The summed E-state index contributed by atoms with van der Waals surface area (Å²) in [6, 6.07) is 0. The van der Waals surface area contributed by atoms with Gasteiger partial charge in [0.15, 0.2) is 11.7 Å². The summed E-state index contributed by atoms with van der Waals surface area (Å²) < 4.78 is 18.3. The third kappa shape index (κ3) is 30.1. The highest BCUT2D eigenvalue weighted by Crippen LogP contribution is 2.36. The van der Waals surface area contributed by atoms with Crippen LogP contribution in [0, 0.1) is 35.5 Å². The number of aliphatic hydroxyl groups excluding tert-OH is 9. The summed E-state index contributed by atoms with van der Waals surface area (Å²) in [5.41, 5.74) is 0.893. The number of guanidine groups is 1. The molecule has 2 aliphatic rings. The number of aliphatic imine (C=N–C) groups is 1. The molecule has 0 saturated carbocycles. The van der Waals surface area contributed by atoms with Gasteiger partial charge in [0, 0.05) is 88.9 Å². The molecule has 18 heteroatoms. The Labute approximate surface area is 498 Å². The summed E-state index contributed by atoms with van der Waals surface area (Å²) in [5.74, 6) is -4.00. The quantitative estimate of drug-likeness (QED) is 0.0207. The predicted octanol–water partition coefficient (Wildman–Crippen LogP) is 7.54. The molecule has 480 valence electrons. The predicted molar refractivity (Wildman–Crippen MR) is 327 cm³/mol. The Morgan fingerprint density at radius 2 is 1.37 bits per heavy atom. The first kappa shape index (κ1) is 75.6. The molecule has 1 fully saturated rings. The lowest BCUT2D eigenvalue weighted by atomic mass is 9.84. The van der Waals surface area contributed by atoms with Crippen molar-refractivity contribution in [2.24, 2.45) is 40.5 Å². The van der Waals surface area contributed by atoms with E-state index in [1.54, 1.807) is 72.0 Å². The molecule has 0 aromatic rings. The first-order valence-corrected chi connectivity index (χ1v) is 31.4. The van der Waals surface area contributed by atoms with Crippen LogP contribution >= 0.6 is 0 Å². The van der Waals surface area contributed by atoms with Crippen LogP contribution in [0.25, 0.3) is 0 Å². The number of carbonyl (C=O) groups is 2. The van der Waals surface area contributed by atoms with Crippen molar-refractivity contribution in [3.05, 3.63) is 59.8 Å². The summed E-state index contributed by atoms with van der Waals surface area (Å²) in [6.07, 6.45) is 10.5. The van der Waals surface area contributed by atoms with E-state index in [0.29, 0.717) is 23.5 Å². The molecule has 18 nitrogen and oxygen atoms in total. The van der Waals surface area contributed by atoms with E-state index in [1.165, 1.54) is 0 Å². The summed E-state index contributed by atoms with van der Waals surface area (Å²) in [7, 11) is 3.55. The number of aliphatic hydroxyl groups is 10. The molecule has 1 saturated heterocycles. The number of fused-ring (bicyclic) bond motifs is 2. The van der Waals surface area contributed by atoms with Gasteiger partial charge in [-0.05, 0) is 95.0 Å². The van der Waals surface area contributed by atoms with Crippen LogP contribution in [0.1, 0.15) is 197 Å². The van der Waals surface area contributed by atoms with Crippen molar-refractivity contribution in [1.82, 2.24) is 10.6 Å². The number of hydrogen-bond donors (Lipinski definition) is 12. The Morgan fingerprint density at radius 3 is 2.05 bits per heavy atom. The number of carbonyl (C=O) groups excluding carboxylic acids is 2. The van der Waals surface area contributed by atoms with Crippen LogP contribution in [-0.2, 0) is 23.8 Å². The van der Waals surface area contributed by atoms with E-state index in [0.717, 1.165) is 76.7 Å². The van der Waals surface area contributed by atoms with Crippen LogP contribution < -0.4 is 10.6 Å². The Morgan fingerprint density at radius 1 is 0.735 bits per heavy atom. The fourth-order valence-electron chi connectivity index (χ4n) is 10.9. The van der Waals surface area contributed by atoms with Crippen LogP contribution in [0.3, 0.4) is 0 Å². The van der Waals surface area contributed by atoms with E-state index in [1.807, 2.05) is 20.0 Å². The standard InChI is InChI=1S/C65H115N3O15/c1-42(2)25-19-15-14-17-21-31-60(77)81-52-36-50(69)35-51(70)37-55(72)43(3)27-23-29-47(7)61(46(6)26-20-16-12-13-18-22-34-68-64(66-10)67-11)82-63(79)48(8)30-24-28-44(4)56(73)40-57(74)49(9)54(71)33-32-45(5)59(76)41-65(80)62(78)58(75)39-53(38-52)83-65/h12-13,23-24,27-30,42,44-47,49-59,61-62,69-76,78,80H,14-22,25-26,31-41H2,1-11H3,(H2,66,67,68)/b13-12+,28-24+,29-23+,43-27+,48-30-/t44-,45+,46+,47-,49-,50+,51+,52-,53+,54-,55-,56+,57-,58-,59+,61+,62+,65-/m1/s1. The Balaban J connectivity index is 2.43. The normalized spacial score (nSPS) is 35.9. The molecule has 0 amide bonds. The van der Waals surface area contributed by atoms with Crippen molar-refractivity contribution in [2.75, 3.05) is 20.6 Å². The van der Waals surface area contributed by atoms with Gasteiger partial charge in [0.2, 0.25) is 0 Å². The molecule has 0 unspecified atom stereocenters. The molecule has 18 atom stereocenters. The van der Waals surface area contributed by atoms with Crippen molar-refractivity contribution in [2.45, 2.75) is 276 Å². The first-order valence-electron chi connectivity index (χ1n) is 31.4. The van der Waals surface area contributed by atoms with Crippen LogP contribution in [-0.4, -0.2) is 169 Å². The van der Waals surface area contributed by atoms with Crippen molar-refractivity contribution < 1.29 is 74.9 Å². The fraction of sp³-hybridized carbons (Fsp3) is 0.800. The molecular formula is C65H115N3O15. The van der Waals surface area contributed by atoms with Crippen LogP contribution in [0.2, 0.25) is 0 Å². The van der Waals surface area contributed by atoms with E-state index in [2.05, 4.69) is 48.5 Å². The van der Waals surface area contributed by atoms with E-state index in [9.17, 15) is 60.7 Å². The van der Waals surface area contributed by atoms with Gasteiger partial charge in [-0.3, -0.25) is 9.79 Å². The summed E-state index contributed by atoms with van der Waals surface area (Å²) >= 11 is 0. The lowest BCUT2D eigenvalue weighted by Gasteiger charge is -2.45. The average Bonchev–Trinajstić information content (AvgIpc) is 3.60. The second-order valence-corrected chi connectivity index (χ2v) is 24.9. The smallest absolute Gasteiger partial charge is 0.334 e. The third-order valence-corrected chi connectivity index (χ3v) is 16.8. The average molecular weight is 1180 g/mol. The number of allylic oxidation sites excluding steroid dienone is 6. The van der Waals surface area contributed by atoms with Gasteiger partial charge in [0.1, 0.15) is 18.3 Å². The number of hydrogen-bond acceptors (Lipinski definition) is 16. The van der Waals surface area contributed by atoms with Crippen LogP contribution in [0.15, 0.2) is 64.7 Å². The Kier molecular flexibility index (Phi) is 37.1. The van der Waals surface area contributed by atoms with Gasteiger partial charge < -0.3 is 75.9 Å². The zero-order valence-electron chi connectivity index (χ0n) is 52.5. The van der Waals surface area contributed by atoms with Gasteiger partial charge in [-0.25, -0.2) is 4.79 Å². The van der Waals surface area contributed by atoms with Gasteiger partial charge >= 0.3 is 11.9 Å². The number of rotatable bonds is 18. The van der Waals surface area contributed by atoms with Gasteiger partial charge in [0.05, 0.1) is 54.9 Å². The van der Waals surface area contributed by atoms with E-state index in [4.69, 9.17) is 14.2 Å². The SMILES string of the molecule is CN=C(NC)NCCC/C=C/CCC[C@H](C)[C@@H]1OC(=O)/C(C)=C\C=C\[C@@H](C)[C@@H](O)C[C@@H](O)[C@H](C)[C@H](O)CC[C@H](C)[C@@H](O)C[C@@]2(O)O[C@@H](C[C@H](OC(=O)CCCCCCCC(C)C)C[C@@H](O)C[C@H](O)C[C@@H](O)/C(C)=C/C=C/[C@H]1C)C[C@@H](O)[C@@H]2O. The summed E-state index contributed by atoms with van der Waals surface area (Å²) in [5, 5.41) is 119. The number of nitrogens with one attached hydrogen (secondary N) is 2. The van der Waals surface area contributed by atoms with Crippen molar-refractivity contribution >= 4 is 17.9 Å². The van der Waals surface area contributed by atoms with E-state index >= 15 is 0 Å². The minimum atomic E-state index is -2.43. The number of unbranched alkanes of at least 4 members (excludes halogenated alkanes) is 6. The number of ether oxygens (including phenoxy) is 3. The maximum atomic E-state index is 13.7. The second-order valence-electron chi connectivity index (χ2n) is 24.9. The van der Waals surface area contributed by atoms with Crippen molar-refractivity contribution in [3.8, 4) is 0 Å². The number of cyclic esters (lactones) is 1. The van der Waals surface area contributed by atoms with E-state index in [-0.39, 0.29) is 69.6 Å². The summed E-state index contributed by atoms with van der Waals surface area (Å²) in [6.45, 7) is 17.8. The molecule has 0 radical (unpaired) electrons. The molecule has 0 aromatic heterocycles. The maximum absolute atomic E-state index is 13.7. The Bertz CT molecular complexity index is 2000. The van der Waals surface area contributed by atoms with Gasteiger partial charge in [-0.15, -0.1) is 0 Å². The molecule has 0 spiro atoms. The zero-order valence-corrected chi connectivity index (χ0v) is 52.5. The minimum Gasteiger partial charge on any atom is -0.462 e. The maximum Gasteiger partial charge on any atom is 0.334 e. The van der Waals surface area contributed by atoms with Crippen LogP contribution in [0.5, 0.6) is 0 Å². The van der Waals surface area contributed by atoms with Crippen molar-refractivity contribution in [3.63, 3.8) is 0 Å². The highest BCUT2D eigenvalue weighted by atomic mass is 16.7. The van der Waals surface area contributed by atoms with Gasteiger partial charge in [0.25, 0.3) is 0 Å². The highest BCUT2D eigenvalue weighted by Gasteiger charge is 2.50. The van der Waals surface area contributed by atoms with Crippen LogP contribution in [0.4, 0.5) is 0 Å². The van der Waals surface area contributed by atoms with Crippen molar-refractivity contribution in [1.29, 1.82) is 0 Å². The molecule has 12 N–H and O–H groups in total. The number of nitrogens with zero attached hydrogens (tertiary/aromatic N) is 1. The monoisotopic (exact) mass is 1180 g/mol. The van der Waals surface area contributed by atoms with Gasteiger partial charge in [-0.2, -0.15) is 0 Å². The Hall–Kier alpha value is -3.53. The van der Waals surface area contributed by atoms with Gasteiger partial charge in [-0.1, -0.05) is 129 Å². The molecule has 2 aliphatic heterocycles. The molecule has 2 bridgehead atoms. The molecule has 83 heavy (non-hydrogen) atoms. The minimum absolute atomic E-state index is 0.0327.